The van der Waals surface area contributed by atoms with Crippen LogP contribution in [0.5, 0.6) is 5.75 Å². The lowest BCUT2D eigenvalue weighted by molar-refractivity contribution is 0.416. The summed E-state index contributed by atoms with van der Waals surface area (Å²) in [5.41, 5.74) is 1.02. The Labute approximate surface area is 88.3 Å². The first kappa shape index (κ1) is 15.3. The molecule has 0 spiro atoms. The van der Waals surface area contributed by atoms with E-state index in [9.17, 15) is 0 Å². The second-order valence-electron chi connectivity index (χ2n) is 1.95. The molecule has 2 nitrogen and oxygen atoms in total. The molecular weight excluding hydrogens is 174 g/mol. The van der Waals surface area contributed by atoms with Crippen molar-refractivity contribution in [1.29, 1.82) is 0 Å². The highest BCUT2D eigenvalue weighted by molar-refractivity contribution is 5.55. The second-order valence-corrected chi connectivity index (χ2v) is 1.95. The Bertz CT molecular complexity index is 188. The van der Waals surface area contributed by atoms with Gasteiger partial charge in [0.2, 0.25) is 0 Å². The zero-order valence-corrected chi connectivity index (χ0v) is 10.2. The van der Waals surface area contributed by atoms with E-state index in [0.717, 1.165) is 11.4 Å². The number of hydrogen-bond acceptors (Lipinski definition) is 2. The zero-order chi connectivity index (χ0) is 11.4. The van der Waals surface area contributed by atoms with Crippen LogP contribution < -0.4 is 10.1 Å². The van der Waals surface area contributed by atoms with E-state index in [4.69, 9.17) is 4.74 Å². The van der Waals surface area contributed by atoms with Crippen molar-refractivity contribution in [1.82, 2.24) is 0 Å². The van der Waals surface area contributed by atoms with E-state index < -0.39 is 0 Å². The largest absolute Gasteiger partial charge is 0.495 e. The molecule has 0 atom stereocenters. The third kappa shape index (κ3) is 5.46. The summed E-state index contributed by atoms with van der Waals surface area (Å²) in [4.78, 5) is 0. The Morgan fingerprint density at radius 2 is 1.50 bits per heavy atom. The van der Waals surface area contributed by atoms with E-state index in [-0.39, 0.29) is 0 Å². The van der Waals surface area contributed by atoms with Crippen LogP contribution in [0.4, 0.5) is 5.69 Å². The Balaban J connectivity index is 0. The average molecular weight is 197 g/mol. The molecule has 82 valence electrons. The summed E-state index contributed by atoms with van der Waals surface area (Å²) in [7, 11) is 3.54. The van der Waals surface area contributed by atoms with Gasteiger partial charge in [0.05, 0.1) is 12.8 Å². The molecule has 0 aromatic heterocycles. The first-order valence-corrected chi connectivity index (χ1v) is 5.19. The molecule has 0 aliphatic rings. The van der Waals surface area contributed by atoms with Gasteiger partial charge in [0.15, 0.2) is 0 Å². The van der Waals surface area contributed by atoms with Crippen LogP contribution in [0, 0.1) is 0 Å². The van der Waals surface area contributed by atoms with E-state index in [1.54, 1.807) is 7.11 Å². The lowest BCUT2D eigenvalue weighted by Crippen LogP contribution is -1.91. The minimum Gasteiger partial charge on any atom is -0.495 e. The molecule has 0 aliphatic heterocycles. The Morgan fingerprint density at radius 1 is 1.00 bits per heavy atom. The molecule has 14 heavy (non-hydrogen) atoms. The van der Waals surface area contributed by atoms with Crippen LogP contribution >= 0.6 is 0 Å². The molecular formula is C12H23NO. The highest BCUT2D eigenvalue weighted by Gasteiger charge is 1.95. The average Bonchev–Trinajstić information content (AvgIpc) is 2.34. The number of methoxy groups -OCH3 is 1. The summed E-state index contributed by atoms with van der Waals surface area (Å²) in [5.74, 6) is 0.880. The van der Waals surface area contributed by atoms with Crippen LogP contribution in [0.25, 0.3) is 0 Å². The topological polar surface area (TPSA) is 21.3 Å². The number of nitrogens with one attached hydrogen (secondary N) is 1. The Kier molecular flexibility index (Phi) is 12.9. The van der Waals surface area contributed by atoms with E-state index in [1.807, 2.05) is 59.0 Å². The molecule has 1 aromatic rings. The van der Waals surface area contributed by atoms with E-state index in [2.05, 4.69) is 5.32 Å². The number of hydrogen-bond donors (Lipinski definition) is 1. The first-order valence-electron chi connectivity index (χ1n) is 5.19. The van der Waals surface area contributed by atoms with Crippen molar-refractivity contribution in [3.63, 3.8) is 0 Å². The highest BCUT2D eigenvalue weighted by Crippen LogP contribution is 2.21. The standard InChI is InChI=1S/C8H11NO.2C2H6/c1-9-7-5-3-4-6-8(7)10-2;2*1-2/h3-6,9H,1-2H3;2*1-2H3. The maximum Gasteiger partial charge on any atom is 0.141 e. The van der Waals surface area contributed by atoms with Gasteiger partial charge in [-0.25, -0.2) is 0 Å². The lowest BCUT2D eigenvalue weighted by Gasteiger charge is -2.05. The number of rotatable bonds is 2. The van der Waals surface area contributed by atoms with Crippen molar-refractivity contribution in [3.05, 3.63) is 24.3 Å². The summed E-state index contributed by atoms with van der Waals surface area (Å²) in [6, 6.07) is 7.80. The van der Waals surface area contributed by atoms with E-state index in [0.29, 0.717) is 0 Å². The Morgan fingerprint density at radius 3 is 1.86 bits per heavy atom. The number of ether oxygens (including phenoxy) is 1. The predicted octanol–water partition coefficient (Wildman–Crippen LogP) is 3.79. The lowest BCUT2D eigenvalue weighted by atomic mass is 10.3. The third-order valence-corrected chi connectivity index (χ3v) is 1.38. The van der Waals surface area contributed by atoms with Crippen molar-refractivity contribution in [2.45, 2.75) is 27.7 Å². The minimum atomic E-state index is 0.880. The zero-order valence-electron chi connectivity index (χ0n) is 10.2. The summed E-state index contributed by atoms with van der Waals surface area (Å²) in [6.45, 7) is 8.00. The van der Waals surface area contributed by atoms with Crippen LogP contribution in [0.15, 0.2) is 24.3 Å². The van der Waals surface area contributed by atoms with Gasteiger partial charge in [0, 0.05) is 7.05 Å². The fourth-order valence-electron chi connectivity index (χ4n) is 0.851. The Hall–Kier alpha value is -1.18. The van der Waals surface area contributed by atoms with Gasteiger partial charge >= 0.3 is 0 Å². The van der Waals surface area contributed by atoms with Crippen LogP contribution in [0.1, 0.15) is 27.7 Å². The fraction of sp³-hybridized carbons (Fsp3) is 0.500. The number of benzene rings is 1. The van der Waals surface area contributed by atoms with Gasteiger partial charge in [-0.3, -0.25) is 0 Å². The van der Waals surface area contributed by atoms with Crippen molar-refractivity contribution >= 4 is 5.69 Å². The number of anilines is 1. The normalized spacial score (nSPS) is 7.29. The second kappa shape index (κ2) is 11.8. The van der Waals surface area contributed by atoms with Gasteiger partial charge in [0.1, 0.15) is 5.75 Å². The molecule has 2 heteroatoms. The molecule has 0 saturated heterocycles. The SMILES string of the molecule is CC.CC.CNc1ccccc1OC. The molecule has 0 amide bonds. The molecule has 0 fully saturated rings. The first-order chi connectivity index (χ1) is 6.88. The minimum absolute atomic E-state index is 0.880. The van der Waals surface area contributed by atoms with Gasteiger partial charge < -0.3 is 10.1 Å². The molecule has 1 aromatic carbocycles. The van der Waals surface area contributed by atoms with Gasteiger partial charge in [-0.05, 0) is 12.1 Å². The van der Waals surface area contributed by atoms with Crippen LogP contribution in [0.3, 0.4) is 0 Å². The summed E-state index contributed by atoms with van der Waals surface area (Å²) in [6.07, 6.45) is 0. The molecule has 0 heterocycles. The van der Waals surface area contributed by atoms with Crippen molar-refractivity contribution in [3.8, 4) is 5.75 Å². The smallest absolute Gasteiger partial charge is 0.141 e. The van der Waals surface area contributed by atoms with Gasteiger partial charge in [-0.1, -0.05) is 39.8 Å². The van der Waals surface area contributed by atoms with Crippen LogP contribution in [-0.4, -0.2) is 14.2 Å². The summed E-state index contributed by atoms with van der Waals surface area (Å²) in [5, 5.41) is 3.02. The van der Waals surface area contributed by atoms with Crippen molar-refractivity contribution in [2.24, 2.45) is 0 Å². The van der Waals surface area contributed by atoms with E-state index >= 15 is 0 Å². The van der Waals surface area contributed by atoms with Crippen molar-refractivity contribution < 1.29 is 4.74 Å². The molecule has 1 rings (SSSR count). The summed E-state index contributed by atoms with van der Waals surface area (Å²) >= 11 is 0. The molecule has 0 radical (unpaired) electrons. The molecule has 0 aliphatic carbocycles. The molecule has 0 unspecified atom stereocenters. The van der Waals surface area contributed by atoms with Crippen LogP contribution in [0.2, 0.25) is 0 Å². The van der Waals surface area contributed by atoms with E-state index in [1.165, 1.54) is 0 Å². The van der Waals surface area contributed by atoms with Crippen molar-refractivity contribution in [2.75, 3.05) is 19.5 Å². The molecule has 0 saturated carbocycles. The maximum absolute atomic E-state index is 5.07. The fourth-order valence-corrected chi connectivity index (χ4v) is 0.851. The molecule has 1 N–H and O–H groups in total. The van der Waals surface area contributed by atoms with Gasteiger partial charge in [-0.15, -0.1) is 0 Å². The van der Waals surface area contributed by atoms with Gasteiger partial charge in [-0.2, -0.15) is 0 Å². The van der Waals surface area contributed by atoms with Gasteiger partial charge in [0.25, 0.3) is 0 Å². The predicted molar refractivity (Wildman–Crippen MR) is 65.2 cm³/mol. The maximum atomic E-state index is 5.07. The third-order valence-electron chi connectivity index (χ3n) is 1.38. The monoisotopic (exact) mass is 197 g/mol. The molecule has 0 bridgehead atoms. The van der Waals surface area contributed by atoms with Crippen LogP contribution in [-0.2, 0) is 0 Å². The summed E-state index contributed by atoms with van der Waals surface area (Å²) < 4.78 is 5.07. The quantitative estimate of drug-likeness (QED) is 0.779. The highest BCUT2D eigenvalue weighted by atomic mass is 16.5. The number of para-hydroxylation sites is 2.